The van der Waals surface area contributed by atoms with Gasteiger partial charge in [-0.3, -0.25) is 4.79 Å². The Hall–Kier alpha value is -3.98. The second kappa shape index (κ2) is 9.48. The van der Waals surface area contributed by atoms with Gasteiger partial charge >= 0.3 is 0 Å². The lowest BCUT2D eigenvalue weighted by molar-refractivity contribution is -0.114. The van der Waals surface area contributed by atoms with Crippen LogP contribution in [0.3, 0.4) is 0 Å². The Labute approximate surface area is 215 Å². The second-order valence-corrected chi connectivity index (χ2v) is 9.74. The van der Waals surface area contributed by atoms with Gasteiger partial charge in [-0.15, -0.1) is 0 Å². The summed E-state index contributed by atoms with van der Waals surface area (Å²) < 4.78 is 20.1. The molecule has 8 nitrogen and oxygen atoms in total. The van der Waals surface area contributed by atoms with Crippen LogP contribution in [-0.2, 0) is 14.9 Å². The summed E-state index contributed by atoms with van der Waals surface area (Å²) in [6.07, 6.45) is 5.70. The number of nitrogens with one attached hydrogen (secondary N) is 2. The highest BCUT2D eigenvalue weighted by molar-refractivity contribution is 6.02. The Morgan fingerprint density at radius 3 is 2.51 bits per heavy atom. The quantitative estimate of drug-likeness (QED) is 0.466. The number of nitrogens with zero attached hydrogens (tertiary/aromatic N) is 4. The van der Waals surface area contributed by atoms with Gasteiger partial charge in [-0.25, -0.2) is 9.37 Å². The van der Waals surface area contributed by atoms with Crippen molar-refractivity contribution in [2.24, 2.45) is 0 Å². The summed E-state index contributed by atoms with van der Waals surface area (Å²) in [7, 11) is 0. The number of rotatable bonds is 6. The van der Waals surface area contributed by atoms with Crippen LogP contribution in [0.15, 0.2) is 61.3 Å². The van der Waals surface area contributed by atoms with Gasteiger partial charge in [0.1, 0.15) is 0 Å². The normalized spacial score (nSPS) is 17.8. The van der Waals surface area contributed by atoms with E-state index >= 15 is 0 Å². The Balaban J connectivity index is 1.21. The van der Waals surface area contributed by atoms with Crippen LogP contribution < -0.4 is 20.4 Å². The minimum atomic E-state index is -0.566. The van der Waals surface area contributed by atoms with E-state index in [1.54, 1.807) is 4.90 Å². The first kappa shape index (κ1) is 23.4. The van der Waals surface area contributed by atoms with E-state index < -0.39 is 5.82 Å². The number of halogens is 1. The monoisotopic (exact) mass is 500 g/mol. The summed E-state index contributed by atoms with van der Waals surface area (Å²) in [6.45, 7) is 7.49. The second-order valence-electron chi connectivity index (χ2n) is 9.74. The molecule has 1 amide bonds. The summed E-state index contributed by atoms with van der Waals surface area (Å²) in [6, 6.07) is 13.8. The van der Waals surface area contributed by atoms with Crippen LogP contribution in [0.5, 0.6) is 0 Å². The molecule has 9 heteroatoms. The number of morpholine rings is 1. The van der Waals surface area contributed by atoms with Crippen molar-refractivity contribution >= 4 is 40.4 Å². The molecule has 37 heavy (non-hydrogen) atoms. The molecule has 0 atom stereocenters. The molecule has 0 bridgehead atoms. The Kier molecular flexibility index (Phi) is 6.00. The zero-order chi connectivity index (χ0) is 25.4. The van der Waals surface area contributed by atoms with E-state index in [0.717, 1.165) is 68.8 Å². The first-order chi connectivity index (χ1) is 18.0. The lowest BCUT2D eigenvalue weighted by Gasteiger charge is -2.34. The smallest absolute Gasteiger partial charge is 0.250 e. The lowest BCUT2D eigenvalue weighted by Crippen LogP contribution is -2.37. The molecule has 2 N–H and O–H groups in total. The van der Waals surface area contributed by atoms with Gasteiger partial charge in [-0.2, -0.15) is 4.98 Å². The van der Waals surface area contributed by atoms with Crippen molar-refractivity contribution in [1.82, 2.24) is 9.97 Å². The van der Waals surface area contributed by atoms with Crippen molar-refractivity contribution < 1.29 is 13.9 Å². The molecular weight excluding hydrogens is 471 g/mol. The largest absolute Gasteiger partial charge is 0.378 e. The molecule has 3 aromatic rings. The molecule has 2 aliphatic heterocycles. The predicted molar refractivity (Wildman–Crippen MR) is 143 cm³/mol. The number of aromatic nitrogens is 2. The number of anilines is 6. The number of amides is 1. The minimum Gasteiger partial charge on any atom is -0.378 e. The summed E-state index contributed by atoms with van der Waals surface area (Å²) >= 11 is 0. The molecule has 1 spiro atoms. The average Bonchev–Trinajstić information content (AvgIpc) is 3.71. The van der Waals surface area contributed by atoms with Crippen LogP contribution in [0.25, 0.3) is 0 Å². The zero-order valence-electron chi connectivity index (χ0n) is 20.5. The van der Waals surface area contributed by atoms with Gasteiger partial charge < -0.3 is 25.2 Å². The summed E-state index contributed by atoms with van der Waals surface area (Å²) in [5.41, 5.74) is 4.77. The van der Waals surface area contributed by atoms with E-state index in [1.807, 2.05) is 42.5 Å². The van der Waals surface area contributed by atoms with Crippen molar-refractivity contribution in [1.29, 1.82) is 0 Å². The van der Waals surface area contributed by atoms with E-state index in [2.05, 4.69) is 32.1 Å². The van der Waals surface area contributed by atoms with Gasteiger partial charge in [0.05, 0.1) is 19.4 Å². The number of hydrogen-bond acceptors (Lipinski definition) is 7. The Morgan fingerprint density at radius 2 is 1.78 bits per heavy atom. The van der Waals surface area contributed by atoms with Gasteiger partial charge in [0, 0.05) is 42.4 Å². The number of ether oxygens (including phenoxy) is 1. The molecule has 0 radical (unpaired) electrons. The molecule has 2 fully saturated rings. The Bertz CT molecular complexity index is 1330. The maximum Gasteiger partial charge on any atom is 0.250 e. The minimum absolute atomic E-state index is 0.0564. The fraction of sp³-hybridized carbons (Fsp3) is 0.321. The molecule has 190 valence electrons. The summed E-state index contributed by atoms with van der Waals surface area (Å²) in [4.78, 5) is 25.0. The molecule has 1 aliphatic carbocycles. The average molecular weight is 501 g/mol. The SMILES string of the molecule is C=CC(=O)N1CCC2(CC2)c2ccc(Nc3nc(Nc4ccc(N5CCOCC5)cc4)ncc3F)cc21. The standard InChI is InChI=1S/C28H29FN6O2/c1-2-25(36)35-12-11-28(9-10-28)22-8-5-20(17-24(22)35)31-26-23(29)18-30-27(33-26)32-19-3-6-21(7-4-19)34-13-15-37-16-14-34/h2-8,17-18H,1,9-16H2,(H2,30,31,32,33). The first-order valence-corrected chi connectivity index (χ1v) is 12.6. The molecule has 1 saturated heterocycles. The molecule has 3 heterocycles. The number of carbonyl (C=O) groups is 1. The zero-order valence-corrected chi connectivity index (χ0v) is 20.5. The van der Waals surface area contributed by atoms with Crippen molar-refractivity contribution in [3.63, 3.8) is 0 Å². The van der Waals surface area contributed by atoms with E-state index in [1.165, 1.54) is 11.6 Å². The lowest BCUT2D eigenvalue weighted by atomic mass is 9.86. The van der Waals surface area contributed by atoms with E-state index in [9.17, 15) is 9.18 Å². The fourth-order valence-electron chi connectivity index (χ4n) is 5.23. The third-order valence-electron chi connectivity index (χ3n) is 7.47. The fourth-order valence-corrected chi connectivity index (χ4v) is 5.23. The molecule has 1 aromatic heterocycles. The van der Waals surface area contributed by atoms with Crippen molar-refractivity contribution in [3.05, 3.63) is 72.7 Å². The summed E-state index contributed by atoms with van der Waals surface area (Å²) in [5.74, 6) is -0.362. The van der Waals surface area contributed by atoms with Crippen molar-refractivity contribution in [3.8, 4) is 0 Å². The third-order valence-corrected chi connectivity index (χ3v) is 7.47. The number of hydrogen-bond donors (Lipinski definition) is 2. The van der Waals surface area contributed by atoms with Crippen LogP contribution in [0.2, 0.25) is 0 Å². The molecule has 3 aliphatic rings. The molecule has 6 rings (SSSR count). The van der Waals surface area contributed by atoms with Crippen molar-refractivity contribution in [2.75, 3.05) is 53.3 Å². The van der Waals surface area contributed by atoms with Gasteiger partial charge in [-0.05, 0) is 72.7 Å². The van der Waals surface area contributed by atoms with E-state index in [-0.39, 0.29) is 23.1 Å². The van der Waals surface area contributed by atoms with Crippen molar-refractivity contribution in [2.45, 2.75) is 24.7 Å². The highest BCUT2D eigenvalue weighted by atomic mass is 19.1. The van der Waals surface area contributed by atoms with Crippen LogP contribution in [0, 0.1) is 5.82 Å². The van der Waals surface area contributed by atoms with Crippen LogP contribution in [0.4, 0.5) is 38.9 Å². The van der Waals surface area contributed by atoms with Crippen LogP contribution >= 0.6 is 0 Å². The van der Waals surface area contributed by atoms with E-state index in [0.29, 0.717) is 12.2 Å². The maximum absolute atomic E-state index is 14.7. The molecule has 0 unspecified atom stereocenters. The highest BCUT2D eigenvalue weighted by Crippen LogP contribution is 2.56. The number of carbonyl (C=O) groups excluding carboxylic acids is 1. The number of fused-ring (bicyclic) bond motifs is 2. The highest BCUT2D eigenvalue weighted by Gasteiger charge is 2.49. The van der Waals surface area contributed by atoms with Gasteiger partial charge in [0.25, 0.3) is 0 Å². The predicted octanol–water partition coefficient (Wildman–Crippen LogP) is 4.89. The molecular formula is C28H29FN6O2. The first-order valence-electron chi connectivity index (χ1n) is 12.6. The van der Waals surface area contributed by atoms with Crippen LogP contribution in [0.1, 0.15) is 24.8 Å². The topological polar surface area (TPSA) is 82.6 Å². The third kappa shape index (κ3) is 4.62. The molecule has 2 aromatic carbocycles. The Morgan fingerprint density at radius 1 is 1.03 bits per heavy atom. The number of benzene rings is 2. The van der Waals surface area contributed by atoms with Gasteiger partial charge in [0.15, 0.2) is 11.6 Å². The van der Waals surface area contributed by atoms with Gasteiger partial charge in [-0.1, -0.05) is 12.6 Å². The summed E-state index contributed by atoms with van der Waals surface area (Å²) in [5, 5.41) is 6.23. The van der Waals surface area contributed by atoms with Crippen LogP contribution in [-0.4, -0.2) is 48.7 Å². The molecule has 1 saturated carbocycles. The maximum atomic E-state index is 14.7. The van der Waals surface area contributed by atoms with E-state index in [4.69, 9.17) is 4.74 Å². The van der Waals surface area contributed by atoms with Gasteiger partial charge in [0.2, 0.25) is 11.9 Å².